The van der Waals surface area contributed by atoms with Crippen molar-refractivity contribution in [3.8, 4) is 0 Å². The molecule has 0 aliphatic carbocycles. The molecule has 0 saturated carbocycles. The highest BCUT2D eigenvalue weighted by atomic mass is 31.2. The van der Waals surface area contributed by atoms with Crippen LogP contribution in [0.15, 0.2) is 12.1 Å². The Kier molecular flexibility index (Phi) is 38.0. The van der Waals surface area contributed by atoms with Gasteiger partial charge < -0.3 is 40.4 Å². The molecule has 24 heteroatoms. The summed E-state index contributed by atoms with van der Waals surface area (Å²) in [6.45, 7) is 8.69. The third kappa shape index (κ3) is 33.7. The van der Waals surface area contributed by atoms with Crippen molar-refractivity contribution in [1.82, 2.24) is 15.7 Å². The van der Waals surface area contributed by atoms with Crippen LogP contribution >= 0.6 is 7.82 Å². The zero-order valence-corrected chi connectivity index (χ0v) is 51.4. The topological polar surface area (TPSA) is 309 Å². The quantitative estimate of drug-likeness (QED) is 0.0133. The number of piperidine rings is 1. The third-order valence-corrected chi connectivity index (χ3v) is 15.5. The van der Waals surface area contributed by atoms with Crippen molar-refractivity contribution in [2.45, 2.75) is 257 Å². The van der Waals surface area contributed by atoms with Gasteiger partial charge in [0.15, 0.2) is 6.10 Å². The molecular weight excluding hydrogens is 1080 g/mol. The molecule has 82 heavy (non-hydrogen) atoms. The molecular formula is C58H103N7O16P. The van der Waals surface area contributed by atoms with E-state index < -0.39 is 96.4 Å². The van der Waals surface area contributed by atoms with E-state index in [1.54, 1.807) is 27.7 Å². The third-order valence-electron chi connectivity index (χ3n) is 14.5. The van der Waals surface area contributed by atoms with E-state index in [1.807, 2.05) is 0 Å². The van der Waals surface area contributed by atoms with Gasteiger partial charge in [-0.05, 0) is 59.4 Å². The fourth-order valence-corrected chi connectivity index (χ4v) is 11.0. The molecule has 0 aromatic heterocycles. The average molecular weight is 1190 g/mol. The number of ether oxygens (including phenoxy) is 3. The lowest BCUT2D eigenvalue weighted by molar-refractivity contribution is -0.393. The normalized spacial score (nSPS) is 15.3. The number of hydrogen-bond acceptors (Lipinski definition) is 17. The first-order valence-electron chi connectivity index (χ1n) is 30.6. The van der Waals surface area contributed by atoms with Crippen LogP contribution in [0.25, 0.3) is 0 Å². The number of esters is 2. The van der Waals surface area contributed by atoms with E-state index in [2.05, 4.69) is 35.1 Å². The number of nitro groups is 2. The summed E-state index contributed by atoms with van der Waals surface area (Å²) in [4.78, 5) is 83.2. The van der Waals surface area contributed by atoms with Crippen LogP contribution in [-0.4, -0.2) is 119 Å². The van der Waals surface area contributed by atoms with E-state index >= 15 is 0 Å². The van der Waals surface area contributed by atoms with Crippen LogP contribution in [0.1, 0.15) is 234 Å². The molecule has 1 aliphatic rings. The number of unbranched alkanes of at least 4 members (excludes halogenated alkanes) is 24. The van der Waals surface area contributed by atoms with Crippen molar-refractivity contribution in [2.75, 3.05) is 63.3 Å². The summed E-state index contributed by atoms with van der Waals surface area (Å²) in [5.74, 6) is -2.32. The van der Waals surface area contributed by atoms with Gasteiger partial charge in [0.25, 0.3) is 11.4 Å². The molecule has 1 fully saturated rings. The minimum absolute atomic E-state index is 0.0270. The fourth-order valence-electron chi connectivity index (χ4n) is 10.2. The maximum atomic E-state index is 12.9. The molecule has 0 bridgehead atoms. The summed E-state index contributed by atoms with van der Waals surface area (Å²) in [6, 6.07) is 1.75. The number of hydroxylamine groups is 2. The molecule has 471 valence electrons. The summed E-state index contributed by atoms with van der Waals surface area (Å²) in [6.07, 6.45) is 30.0. The first-order valence-corrected chi connectivity index (χ1v) is 32.1. The van der Waals surface area contributed by atoms with Gasteiger partial charge >= 0.3 is 19.8 Å². The van der Waals surface area contributed by atoms with Crippen molar-refractivity contribution in [2.24, 2.45) is 0 Å². The molecule has 1 radical (unpaired) electrons. The molecule has 1 saturated heterocycles. The summed E-state index contributed by atoms with van der Waals surface area (Å²) < 4.78 is 39.1. The van der Waals surface area contributed by atoms with Gasteiger partial charge in [0.05, 0.1) is 29.1 Å². The number of rotatable bonds is 50. The molecule has 2 amide bonds. The van der Waals surface area contributed by atoms with Crippen LogP contribution in [0.4, 0.5) is 22.7 Å². The van der Waals surface area contributed by atoms with E-state index in [1.165, 1.54) is 115 Å². The Balaban J connectivity index is 1.77. The van der Waals surface area contributed by atoms with E-state index in [9.17, 15) is 54.1 Å². The molecule has 2 atom stereocenters. The highest BCUT2D eigenvalue weighted by molar-refractivity contribution is 7.47. The van der Waals surface area contributed by atoms with Gasteiger partial charge in [-0.3, -0.25) is 48.5 Å². The van der Waals surface area contributed by atoms with Crippen molar-refractivity contribution in [3.05, 3.63) is 32.4 Å². The van der Waals surface area contributed by atoms with Crippen molar-refractivity contribution in [1.29, 1.82) is 0 Å². The average Bonchev–Trinajstić information content (AvgIpc) is 3.62. The lowest BCUT2D eigenvalue weighted by Crippen LogP contribution is -2.60. The van der Waals surface area contributed by atoms with Crippen LogP contribution in [-0.2, 0) is 52.2 Å². The van der Waals surface area contributed by atoms with Gasteiger partial charge in [0.2, 0.25) is 11.8 Å². The predicted octanol–water partition coefficient (Wildman–Crippen LogP) is 12.5. The lowest BCUT2D eigenvalue weighted by Gasteiger charge is -2.50. The number of amides is 2. The zero-order chi connectivity index (χ0) is 60.7. The van der Waals surface area contributed by atoms with Crippen molar-refractivity contribution < 1.29 is 66.9 Å². The number of benzene rings is 1. The number of phosphoric ester groups is 1. The minimum Gasteiger partial charge on any atom is -0.462 e. The monoisotopic (exact) mass is 1180 g/mol. The van der Waals surface area contributed by atoms with Gasteiger partial charge in [-0.25, -0.2) is 4.57 Å². The van der Waals surface area contributed by atoms with Gasteiger partial charge in [-0.2, -0.15) is 0 Å². The standard InChI is InChI=1S/C58H103N7O16P/c1-7-9-11-13-15-17-19-21-23-25-27-29-31-33-55(68)78-43-48(81-56(69)34-32-30-28-26-24-22-20-18-16-14-12-10-8-2)44-80-82(75,76)79-38-37-61-54(67)46-77-45-53(66)60-36-35-59-49-39-50(52(64(72)73)40-51(49)63(70)71)62-47-41-57(3,4)65(74)58(5,6)42-47/h39-40,47-48,59,62H,7-38,41-46H2,1-6H3,(H,60,66)(H,61,67)(H,75,76). The molecule has 1 heterocycles. The molecule has 5 N–H and O–H groups in total. The second kappa shape index (κ2) is 42.3. The molecule has 1 aliphatic heterocycles. The van der Waals surface area contributed by atoms with Gasteiger partial charge in [0.1, 0.15) is 31.2 Å². The Morgan fingerprint density at radius 3 is 1.51 bits per heavy atom. The molecule has 23 nitrogen and oxygen atoms in total. The first-order chi connectivity index (χ1) is 39.1. The second-order valence-corrected chi connectivity index (χ2v) is 24.5. The van der Waals surface area contributed by atoms with Gasteiger partial charge in [-0.1, -0.05) is 168 Å². The number of anilines is 2. The zero-order valence-electron chi connectivity index (χ0n) is 50.5. The maximum Gasteiger partial charge on any atom is 0.472 e. The Morgan fingerprint density at radius 2 is 1.05 bits per heavy atom. The van der Waals surface area contributed by atoms with Crippen LogP contribution in [0, 0.1) is 20.2 Å². The van der Waals surface area contributed by atoms with Crippen LogP contribution in [0.2, 0.25) is 0 Å². The maximum absolute atomic E-state index is 12.9. The summed E-state index contributed by atoms with van der Waals surface area (Å²) in [7, 11) is -4.74. The highest BCUT2D eigenvalue weighted by Gasteiger charge is 2.46. The molecule has 0 spiro atoms. The Bertz CT molecular complexity index is 2050. The smallest absolute Gasteiger partial charge is 0.462 e. The van der Waals surface area contributed by atoms with Crippen molar-refractivity contribution >= 4 is 54.3 Å². The largest absolute Gasteiger partial charge is 0.472 e. The van der Waals surface area contributed by atoms with Crippen LogP contribution in [0.5, 0.6) is 0 Å². The number of phosphoric acid groups is 1. The summed E-state index contributed by atoms with van der Waals surface area (Å²) >= 11 is 0. The Morgan fingerprint density at radius 1 is 0.622 bits per heavy atom. The van der Waals surface area contributed by atoms with E-state index in [0.29, 0.717) is 25.7 Å². The number of carbonyl (C=O) groups excluding carboxylic acids is 4. The Hall–Kier alpha value is -4.51. The van der Waals surface area contributed by atoms with E-state index in [0.717, 1.165) is 56.1 Å². The molecule has 2 unspecified atom stereocenters. The second-order valence-electron chi connectivity index (χ2n) is 23.1. The number of hydrogen-bond donors (Lipinski definition) is 5. The van der Waals surface area contributed by atoms with Crippen LogP contribution in [0.3, 0.4) is 0 Å². The van der Waals surface area contributed by atoms with Crippen molar-refractivity contribution in [3.63, 3.8) is 0 Å². The lowest BCUT2D eigenvalue weighted by atomic mass is 9.79. The number of carbonyl (C=O) groups is 4. The summed E-state index contributed by atoms with van der Waals surface area (Å²) in [5, 5.41) is 48.7. The van der Waals surface area contributed by atoms with E-state index in [4.69, 9.17) is 23.3 Å². The highest BCUT2D eigenvalue weighted by Crippen LogP contribution is 2.44. The summed E-state index contributed by atoms with van der Waals surface area (Å²) in [5.41, 5.74) is -2.65. The van der Waals surface area contributed by atoms with Crippen LogP contribution < -0.4 is 21.3 Å². The van der Waals surface area contributed by atoms with E-state index in [-0.39, 0.29) is 56.5 Å². The predicted molar refractivity (Wildman–Crippen MR) is 316 cm³/mol. The Labute approximate surface area is 488 Å². The minimum atomic E-state index is -4.74. The number of nitrogens with one attached hydrogen (secondary N) is 4. The molecule has 1 aromatic carbocycles. The number of nitrogens with zero attached hydrogens (tertiary/aromatic N) is 3. The van der Waals surface area contributed by atoms with Gasteiger partial charge in [0, 0.05) is 49.6 Å². The molecule has 1 aromatic rings. The molecule has 2 rings (SSSR count). The number of nitro benzene ring substituents is 2. The SMILES string of the molecule is CCCCCCCCCCCCCCCC(=O)OCC(COP(=O)(O)OCCNC(=O)COCC(=O)NCCNc1cc(NC2CC(C)(C)N([O])C(C)(C)C2)c([N+](=O)[O-])cc1[N+](=O)[O-])OC(=O)CCCCCCCCCCCCCCC. The van der Waals surface area contributed by atoms with Gasteiger partial charge in [-0.15, -0.1) is 10.3 Å². The first kappa shape index (κ1) is 73.6. The fraction of sp³-hybridized carbons (Fsp3) is 0.828.